The van der Waals surface area contributed by atoms with Crippen LogP contribution >= 0.6 is 0 Å². The van der Waals surface area contributed by atoms with Crippen molar-refractivity contribution in [3.8, 4) is 0 Å². The molecule has 0 bridgehead atoms. The van der Waals surface area contributed by atoms with Crippen molar-refractivity contribution in [1.29, 1.82) is 0 Å². The SMILES string of the molecule is CC/C=C\C/C=C\C/C=C\C/C=C\C/C=C\C/C=C\CCCCC(=O)OC(COC(=O)CCCCCCCCCCCC)COC(=O)CCCCCCCCCCCCC/C=C\CCCCCCCCCC. The standard InChI is InChI=1S/C66H114O6/c1-4-7-10-13-16-19-22-24-26-28-30-32-33-35-36-38-40-42-44-47-50-53-56-59-65(68)71-62-63(61-70-64(67)58-55-52-49-46-21-18-15-12-9-6-3)72-66(69)60-57-54-51-48-45-43-41-39-37-34-31-29-27-25-23-20-17-14-11-8-5-2/h8,11,17,20,25,27-28,30-31,34,39,41,45,48,63H,4-7,9-10,12-16,18-19,21-24,26,29,32-33,35-38,40,42-44,46-47,49-62H2,1-3H3/b11-8-,20-17-,27-25-,30-28-,34-31-,41-39-,48-45-. The Kier molecular flexibility index (Phi) is 57.3. The third-order valence-corrected chi connectivity index (χ3v) is 13.1. The minimum Gasteiger partial charge on any atom is -0.462 e. The van der Waals surface area contributed by atoms with E-state index in [9.17, 15) is 14.4 Å². The highest BCUT2D eigenvalue weighted by Gasteiger charge is 2.19. The molecule has 0 saturated heterocycles. The molecule has 6 heteroatoms. The maximum atomic E-state index is 12.9. The molecule has 0 aromatic rings. The van der Waals surface area contributed by atoms with Crippen LogP contribution in [0.15, 0.2) is 85.1 Å². The van der Waals surface area contributed by atoms with E-state index in [0.29, 0.717) is 19.3 Å². The third-order valence-electron chi connectivity index (χ3n) is 13.1. The molecule has 0 heterocycles. The predicted octanol–water partition coefficient (Wildman–Crippen LogP) is 20.7. The molecule has 0 amide bonds. The fraction of sp³-hybridized carbons (Fsp3) is 0.742. The summed E-state index contributed by atoms with van der Waals surface area (Å²) in [7, 11) is 0. The summed E-state index contributed by atoms with van der Waals surface area (Å²) in [6, 6.07) is 0. The monoisotopic (exact) mass is 1000 g/mol. The Morgan fingerprint density at radius 1 is 0.292 bits per heavy atom. The molecule has 0 aliphatic carbocycles. The van der Waals surface area contributed by atoms with Crippen LogP contribution in [0.5, 0.6) is 0 Å². The van der Waals surface area contributed by atoms with Gasteiger partial charge in [-0.25, -0.2) is 0 Å². The lowest BCUT2D eigenvalue weighted by molar-refractivity contribution is -0.167. The van der Waals surface area contributed by atoms with Gasteiger partial charge in [-0.15, -0.1) is 0 Å². The van der Waals surface area contributed by atoms with Gasteiger partial charge in [-0.3, -0.25) is 14.4 Å². The number of carbonyl (C=O) groups is 3. The van der Waals surface area contributed by atoms with Crippen molar-refractivity contribution >= 4 is 17.9 Å². The molecule has 0 aliphatic heterocycles. The molecule has 0 fully saturated rings. The number of carbonyl (C=O) groups excluding carboxylic acids is 3. The molecule has 0 radical (unpaired) electrons. The van der Waals surface area contributed by atoms with E-state index in [1.165, 1.54) is 161 Å². The molecule has 0 N–H and O–H groups in total. The van der Waals surface area contributed by atoms with Crippen molar-refractivity contribution in [2.45, 2.75) is 303 Å². The minimum absolute atomic E-state index is 0.0923. The lowest BCUT2D eigenvalue weighted by atomic mass is 10.0. The fourth-order valence-electron chi connectivity index (χ4n) is 8.56. The van der Waals surface area contributed by atoms with E-state index in [1.54, 1.807) is 0 Å². The summed E-state index contributed by atoms with van der Waals surface area (Å²) in [5, 5.41) is 0. The summed E-state index contributed by atoms with van der Waals surface area (Å²) < 4.78 is 16.8. The number of allylic oxidation sites excluding steroid dienone is 14. The van der Waals surface area contributed by atoms with Crippen LogP contribution in [0.25, 0.3) is 0 Å². The Hall–Kier alpha value is -3.41. The van der Waals surface area contributed by atoms with Crippen LogP contribution in [-0.4, -0.2) is 37.2 Å². The first kappa shape index (κ1) is 68.6. The largest absolute Gasteiger partial charge is 0.462 e. The van der Waals surface area contributed by atoms with E-state index in [4.69, 9.17) is 14.2 Å². The maximum absolute atomic E-state index is 12.9. The van der Waals surface area contributed by atoms with Crippen molar-refractivity contribution in [2.75, 3.05) is 13.2 Å². The van der Waals surface area contributed by atoms with Crippen molar-refractivity contribution in [3.63, 3.8) is 0 Å². The molecule has 0 spiro atoms. The highest BCUT2D eigenvalue weighted by atomic mass is 16.6. The molecule has 1 unspecified atom stereocenters. The zero-order valence-electron chi connectivity index (χ0n) is 47.4. The number of hydrogen-bond acceptors (Lipinski definition) is 6. The Morgan fingerprint density at radius 3 is 0.889 bits per heavy atom. The first-order valence-electron chi connectivity index (χ1n) is 30.6. The summed E-state index contributed by atoms with van der Waals surface area (Å²) in [5.41, 5.74) is 0. The molecular formula is C66H114O6. The van der Waals surface area contributed by atoms with Gasteiger partial charge < -0.3 is 14.2 Å². The number of rotatable bonds is 55. The lowest BCUT2D eigenvalue weighted by Gasteiger charge is -2.18. The minimum atomic E-state index is -0.798. The van der Waals surface area contributed by atoms with Gasteiger partial charge >= 0.3 is 17.9 Å². The molecule has 414 valence electrons. The van der Waals surface area contributed by atoms with Crippen LogP contribution in [0.3, 0.4) is 0 Å². The Labute approximate surface area is 445 Å². The maximum Gasteiger partial charge on any atom is 0.306 e. The Balaban J connectivity index is 4.34. The van der Waals surface area contributed by atoms with Crippen LogP contribution in [0, 0.1) is 0 Å². The molecule has 1 atom stereocenters. The summed E-state index contributed by atoms with van der Waals surface area (Å²) >= 11 is 0. The van der Waals surface area contributed by atoms with Crippen molar-refractivity contribution < 1.29 is 28.6 Å². The summed E-state index contributed by atoms with van der Waals surface area (Å²) in [6.07, 6.45) is 78.8. The second kappa shape index (κ2) is 60.1. The topological polar surface area (TPSA) is 78.9 Å². The summed E-state index contributed by atoms with van der Waals surface area (Å²) in [4.78, 5) is 38.1. The smallest absolute Gasteiger partial charge is 0.306 e. The van der Waals surface area contributed by atoms with Gasteiger partial charge in [0.05, 0.1) is 0 Å². The Bertz CT molecular complexity index is 1380. The Morgan fingerprint density at radius 2 is 0.542 bits per heavy atom. The molecule has 0 aromatic heterocycles. The second-order valence-electron chi connectivity index (χ2n) is 20.2. The first-order valence-corrected chi connectivity index (χ1v) is 30.6. The molecule has 6 nitrogen and oxygen atoms in total. The summed E-state index contributed by atoms with van der Waals surface area (Å²) in [6.45, 7) is 6.50. The molecule has 0 aromatic carbocycles. The normalized spacial score (nSPS) is 12.7. The molecule has 0 saturated carbocycles. The summed E-state index contributed by atoms with van der Waals surface area (Å²) in [5.74, 6) is -0.930. The van der Waals surface area contributed by atoms with Crippen LogP contribution in [0.2, 0.25) is 0 Å². The van der Waals surface area contributed by atoms with Gasteiger partial charge in [-0.1, -0.05) is 266 Å². The lowest BCUT2D eigenvalue weighted by Crippen LogP contribution is -2.30. The second-order valence-corrected chi connectivity index (χ2v) is 20.2. The average Bonchev–Trinajstić information content (AvgIpc) is 3.38. The van der Waals surface area contributed by atoms with Gasteiger partial charge in [0.15, 0.2) is 6.10 Å². The van der Waals surface area contributed by atoms with Gasteiger partial charge in [-0.2, -0.15) is 0 Å². The van der Waals surface area contributed by atoms with Crippen LogP contribution in [0.4, 0.5) is 0 Å². The van der Waals surface area contributed by atoms with Crippen LogP contribution < -0.4 is 0 Å². The predicted molar refractivity (Wildman–Crippen MR) is 311 cm³/mol. The number of unbranched alkanes of at least 4 members (excludes halogenated alkanes) is 30. The number of ether oxygens (including phenoxy) is 3. The van der Waals surface area contributed by atoms with Crippen molar-refractivity contribution in [2.24, 2.45) is 0 Å². The molecular weight excluding hydrogens is 889 g/mol. The highest BCUT2D eigenvalue weighted by Crippen LogP contribution is 2.16. The van der Waals surface area contributed by atoms with E-state index in [-0.39, 0.29) is 37.5 Å². The van der Waals surface area contributed by atoms with Crippen molar-refractivity contribution in [3.05, 3.63) is 85.1 Å². The van der Waals surface area contributed by atoms with Gasteiger partial charge in [0.1, 0.15) is 13.2 Å². The van der Waals surface area contributed by atoms with E-state index in [2.05, 4.69) is 106 Å². The van der Waals surface area contributed by atoms with Gasteiger partial charge in [-0.05, 0) is 96.3 Å². The zero-order valence-corrected chi connectivity index (χ0v) is 47.4. The van der Waals surface area contributed by atoms with Crippen molar-refractivity contribution in [1.82, 2.24) is 0 Å². The third kappa shape index (κ3) is 57.5. The quantitative estimate of drug-likeness (QED) is 0.0261. The highest BCUT2D eigenvalue weighted by molar-refractivity contribution is 5.71. The average molecular weight is 1000 g/mol. The first-order chi connectivity index (χ1) is 35.5. The van der Waals surface area contributed by atoms with Crippen LogP contribution in [-0.2, 0) is 28.6 Å². The van der Waals surface area contributed by atoms with Gasteiger partial charge in [0, 0.05) is 19.3 Å². The molecule has 0 aliphatic rings. The fourth-order valence-corrected chi connectivity index (χ4v) is 8.56. The van der Waals surface area contributed by atoms with E-state index in [1.807, 2.05) is 0 Å². The zero-order chi connectivity index (χ0) is 52.2. The molecule has 72 heavy (non-hydrogen) atoms. The van der Waals surface area contributed by atoms with E-state index < -0.39 is 6.10 Å². The number of hydrogen-bond donors (Lipinski definition) is 0. The number of esters is 3. The van der Waals surface area contributed by atoms with Gasteiger partial charge in [0.25, 0.3) is 0 Å². The van der Waals surface area contributed by atoms with E-state index in [0.717, 1.165) is 89.9 Å². The molecule has 0 rings (SSSR count). The van der Waals surface area contributed by atoms with E-state index >= 15 is 0 Å². The van der Waals surface area contributed by atoms with Crippen LogP contribution in [0.1, 0.15) is 297 Å². The van der Waals surface area contributed by atoms with Gasteiger partial charge in [0.2, 0.25) is 0 Å².